The van der Waals surface area contributed by atoms with Gasteiger partial charge in [0.15, 0.2) is 0 Å². The van der Waals surface area contributed by atoms with Crippen LogP contribution in [0.5, 0.6) is 0 Å². The topological polar surface area (TPSA) is 115 Å². The minimum Gasteiger partial charge on any atom is -0.462 e. The van der Waals surface area contributed by atoms with E-state index in [-0.39, 0.29) is 27.5 Å². The summed E-state index contributed by atoms with van der Waals surface area (Å²) >= 11 is 0.895. The number of benzene rings is 1. The van der Waals surface area contributed by atoms with Gasteiger partial charge in [-0.25, -0.2) is 28.2 Å². The molecule has 1 atom stereocenters. The van der Waals surface area contributed by atoms with E-state index in [1.54, 1.807) is 20.2 Å². The molecule has 3 aromatic rings. The maximum Gasteiger partial charge on any atom is 0.350 e. The molecular formula is C25H31N5O5S2. The zero-order valence-electron chi connectivity index (χ0n) is 21.1. The van der Waals surface area contributed by atoms with Gasteiger partial charge in [-0.2, -0.15) is 0 Å². The molecule has 0 amide bonds. The quantitative estimate of drug-likeness (QED) is 0.410. The fourth-order valence-corrected chi connectivity index (χ4v) is 7.93. The van der Waals surface area contributed by atoms with Crippen molar-refractivity contribution in [3.8, 4) is 0 Å². The number of thiazole rings is 1. The molecule has 1 aromatic carbocycles. The Morgan fingerprint density at radius 3 is 2.78 bits per heavy atom. The minimum absolute atomic E-state index is 0.0201. The van der Waals surface area contributed by atoms with Crippen LogP contribution in [0.3, 0.4) is 0 Å². The van der Waals surface area contributed by atoms with Gasteiger partial charge in [0.2, 0.25) is 14.2 Å². The van der Waals surface area contributed by atoms with E-state index in [9.17, 15) is 13.2 Å². The van der Waals surface area contributed by atoms with E-state index < -0.39 is 15.8 Å². The lowest BCUT2D eigenvalue weighted by molar-refractivity contribution is 0.0531. The SMILES string of the molecule is CCOC(=O)c1sc(S(=O)(=O)CC2CCCN(c3ncnc4cc(N5CCOCC5)ccc34)C2)nc1C. The third-order valence-corrected chi connectivity index (χ3v) is 10.2. The van der Waals surface area contributed by atoms with Crippen LogP contribution in [-0.2, 0) is 19.3 Å². The number of hydrogen-bond donors (Lipinski definition) is 0. The van der Waals surface area contributed by atoms with E-state index >= 15 is 0 Å². The van der Waals surface area contributed by atoms with Crippen LogP contribution < -0.4 is 9.80 Å². The van der Waals surface area contributed by atoms with Gasteiger partial charge in [-0.1, -0.05) is 11.3 Å². The summed E-state index contributed by atoms with van der Waals surface area (Å²) in [6.45, 7) is 8.09. The minimum atomic E-state index is -3.65. The Morgan fingerprint density at radius 1 is 1.19 bits per heavy atom. The summed E-state index contributed by atoms with van der Waals surface area (Å²) < 4.78 is 36.9. The van der Waals surface area contributed by atoms with Gasteiger partial charge in [0.05, 0.1) is 36.8 Å². The summed E-state index contributed by atoms with van der Waals surface area (Å²) in [6.07, 6.45) is 3.24. The molecule has 0 spiro atoms. The van der Waals surface area contributed by atoms with Gasteiger partial charge in [-0.15, -0.1) is 0 Å². The first kappa shape index (κ1) is 25.8. The van der Waals surface area contributed by atoms with Crippen molar-refractivity contribution in [3.63, 3.8) is 0 Å². The third-order valence-electron chi connectivity index (χ3n) is 6.75. The van der Waals surface area contributed by atoms with Gasteiger partial charge in [0, 0.05) is 37.3 Å². The Morgan fingerprint density at radius 2 is 2.00 bits per heavy atom. The Balaban J connectivity index is 1.33. The number of carbonyl (C=O) groups is 1. The van der Waals surface area contributed by atoms with E-state index in [2.05, 4.69) is 43.0 Å². The van der Waals surface area contributed by atoms with Crippen LogP contribution in [-0.4, -0.2) is 81.1 Å². The molecule has 0 bridgehead atoms. The first-order chi connectivity index (χ1) is 17.9. The lowest BCUT2D eigenvalue weighted by atomic mass is 9.99. The normalized spacial score (nSPS) is 18.8. The average Bonchev–Trinajstić information content (AvgIpc) is 3.31. The molecule has 2 aromatic heterocycles. The molecule has 0 N–H and O–H groups in total. The average molecular weight is 546 g/mol. The van der Waals surface area contributed by atoms with Crippen molar-refractivity contribution in [2.75, 3.05) is 61.6 Å². The number of esters is 1. The smallest absolute Gasteiger partial charge is 0.350 e. The van der Waals surface area contributed by atoms with Crippen molar-refractivity contribution in [1.82, 2.24) is 15.0 Å². The van der Waals surface area contributed by atoms with Crippen molar-refractivity contribution < 1.29 is 22.7 Å². The van der Waals surface area contributed by atoms with Gasteiger partial charge in [0.1, 0.15) is 17.0 Å². The number of anilines is 2. The zero-order valence-corrected chi connectivity index (χ0v) is 22.7. The first-order valence-corrected chi connectivity index (χ1v) is 15.0. The van der Waals surface area contributed by atoms with Crippen LogP contribution in [0.1, 0.15) is 35.1 Å². The van der Waals surface area contributed by atoms with E-state index in [0.717, 1.165) is 79.4 Å². The molecule has 12 heteroatoms. The molecule has 4 heterocycles. The second-order valence-electron chi connectivity index (χ2n) is 9.35. The van der Waals surface area contributed by atoms with Gasteiger partial charge < -0.3 is 19.3 Å². The Labute approximate surface area is 220 Å². The molecule has 2 fully saturated rings. The highest BCUT2D eigenvalue weighted by Crippen LogP contribution is 2.32. The molecule has 10 nitrogen and oxygen atoms in total. The summed E-state index contributed by atoms with van der Waals surface area (Å²) in [5, 5.41) is 0.956. The molecule has 198 valence electrons. The van der Waals surface area contributed by atoms with Crippen LogP contribution in [0.2, 0.25) is 0 Å². The van der Waals surface area contributed by atoms with Crippen molar-refractivity contribution in [2.24, 2.45) is 5.92 Å². The number of hydrogen-bond acceptors (Lipinski definition) is 11. The highest BCUT2D eigenvalue weighted by atomic mass is 32.2. The maximum absolute atomic E-state index is 13.2. The van der Waals surface area contributed by atoms with Crippen molar-refractivity contribution in [1.29, 1.82) is 0 Å². The standard InChI is InChI=1S/C25H31N5O5S2/c1-3-35-24(31)22-17(2)28-25(36-22)37(32,33)15-18-5-4-8-30(14-18)23-20-7-6-19(13-21(20)26-16-27-23)29-9-11-34-12-10-29/h6-7,13,16,18H,3-5,8-12,14-15H2,1-2H3. The summed E-state index contributed by atoms with van der Waals surface area (Å²) in [7, 11) is -3.65. The van der Waals surface area contributed by atoms with E-state index in [1.807, 2.05) is 0 Å². The fraction of sp³-hybridized carbons (Fsp3) is 0.520. The summed E-state index contributed by atoms with van der Waals surface area (Å²) in [5.41, 5.74) is 2.37. The molecule has 0 aliphatic carbocycles. The number of morpholine rings is 1. The number of fused-ring (bicyclic) bond motifs is 1. The van der Waals surface area contributed by atoms with Crippen LogP contribution >= 0.6 is 11.3 Å². The number of piperidine rings is 1. The number of sulfone groups is 1. The predicted octanol–water partition coefficient (Wildman–Crippen LogP) is 3.10. The Hall–Kier alpha value is -2.83. The predicted molar refractivity (Wildman–Crippen MR) is 142 cm³/mol. The van der Waals surface area contributed by atoms with E-state index in [0.29, 0.717) is 12.2 Å². The van der Waals surface area contributed by atoms with Crippen molar-refractivity contribution in [3.05, 3.63) is 35.1 Å². The first-order valence-electron chi connectivity index (χ1n) is 12.6. The third kappa shape index (κ3) is 5.55. The summed E-state index contributed by atoms with van der Waals surface area (Å²) in [5.74, 6) is 0.195. The Bertz CT molecular complexity index is 1390. The highest BCUT2D eigenvalue weighted by molar-refractivity contribution is 7.93. The van der Waals surface area contributed by atoms with Gasteiger partial charge in [0.25, 0.3) is 0 Å². The van der Waals surface area contributed by atoms with E-state index in [4.69, 9.17) is 9.47 Å². The fourth-order valence-electron chi connectivity index (χ4n) is 4.97. The number of rotatable bonds is 7. The highest BCUT2D eigenvalue weighted by Gasteiger charge is 2.31. The molecule has 37 heavy (non-hydrogen) atoms. The molecule has 1 unspecified atom stereocenters. The molecule has 2 aliphatic rings. The molecular weight excluding hydrogens is 514 g/mol. The van der Waals surface area contributed by atoms with Gasteiger partial charge >= 0.3 is 5.97 Å². The molecule has 2 aliphatic heterocycles. The largest absolute Gasteiger partial charge is 0.462 e. The van der Waals surface area contributed by atoms with E-state index in [1.165, 1.54) is 0 Å². The molecule has 0 saturated carbocycles. The second-order valence-corrected chi connectivity index (χ2v) is 12.6. The molecule has 5 rings (SSSR count). The lowest BCUT2D eigenvalue weighted by Gasteiger charge is -2.34. The summed E-state index contributed by atoms with van der Waals surface area (Å²) in [4.78, 5) is 30.1. The summed E-state index contributed by atoms with van der Waals surface area (Å²) in [6, 6.07) is 6.24. The second kappa shape index (κ2) is 10.9. The lowest BCUT2D eigenvalue weighted by Crippen LogP contribution is -2.38. The zero-order chi connectivity index (χ0) is 26.0. The van der Waals surface area contributed by atoms with Crippen molar-refractivity contribution >= 4 is 49.6 Å². The van der Waals surface area contributed by atoms with Crippen LogP contribution in [0.4, 0.5) is 11.5 Å². The molecule has 0 radical (unpaired) electrons. The Kier molecular flexibility index (Phi) is 7.59. The number of ether oxygens (including phenoxy) is 2. The van der Waals surface area contributed by atoms with Crippen molar-refractivity contribution in [2.45, 2.75) is 31.0 Å². The number of aryl methyl sites for hydroxylation is 1. The molecule has 2 saturated heterocycles. The maximum atomic E-state index is 13.2. The van der Waals surface area contributed by atoms with Gasteiger partial charge in [-0.3, -0.25) is 0 Å². The van der Waals surface area contributed by atoms with Gasteiger partial charge in [-0.05, 0) is 50.8 Å². The monoisotopic (exact) mass is 545 g/mol. The van der Waals surface area contributed by atoms with Crippen LogP contribution in [0.15, 0.2) is 28.9 Å². The van der Waals surface area contributed by atoms with Crippen LogP contribution in [0.25, 0.3) is 10.9 Å². The number of nitrogens with zero attached hydrogens (tertiary/aromatic N) is 5. The number of aromatic nitrogens is 3. The number of carbonyl (C=O) groups excluding carboxylic acids is 1. The van der Waals surface area contributed by atoms with Crippen LogP contribution in [0, 0.1) is 12.8 Å².